The molecule has 14 heavy (non-hydrogen) atoms. The molecule has 0 bridgehead atoms. The van der Waals surface area contributed by atoms with E-state index in [9.17, 15) is 4.79 Å². The zero-order valence-electron chi connectivity index (χ0n) is 8.53. The van der Waals surface area contributed by atoms with Gasteiger partial charge in [0.2, 0.25) is 0 Å². The van der Waals surface area contributed by atoms with Gasteiger partial charge in [-0.3, -0.25) is 4.79 Å². The zero-order chi connectivity index (χ0) is 10.1. The highest BCUT2D eigenvalue weighted by Crippen LogP contribution is 2.19. The van der Waals surface area contributed by atoms with Gasteiger partial charge in [-0.1, -0.05) is 0 Å². The summed E-state index contributed by atoms with van der Waals surface area (Å²) in [5.41, 5.74) is 0.591. The van der Waals surface area contributed by atoms with Crippen molar-refractivity contribution in [2.75, 3.05) is 6.54 Å². The van der Waals surface area contributed by atoms with E-state index in [1.807, 2.05) is 7.05 Å². The van der Waals surface area contributed by atoms with Crippen molar-refractivity contribution in [1.82, 2.24) is 14.9 Å². The van der Waals surface area contributed by atoms with Gasteiger partial charge in [0.25, 0.3) is 0 Å². The average molecular weight is 193 g/mol. The third-order valence-corrected chi connectivity index (χ3v) is 2.82. The summed E-state index contributed by atoms with van der Waals surface area (Å²) in [6.45, 7) is 2.99. The number of aryl methyl sites for hydroxylation is 1. The molecule has 1 N–H and O–H groups in total. The van der Waals surface area contributed by atoms with Gasteiger partial charge >= 0.3 is 0 Å². The number of imidazole rings is 1. The molecule has 2 unspecified atom stereocenters. The zero-order valence-corrected chi connectivity index (χ0v) is 8.53. The van der Waals surface area contributed by atoms with Crippen LogP contribution in [0.2, 0.25) is 0 Å². The van der Waals surface area contributed by atoms with E-state index in [0.717, 1.165) is 13.0 Å². The van der Waals surface area contributed by atoms with E-state index >= 15 is 0 Å². The molecule has 1 saturated heterocycles. The number of nitrogens with zero attached hydrogens (tertiary/aromatic N) is 2. The summed E-state index contributed by atoms with van der Waals surface area (Å²) < 4.78 is 1.81. The minimum Gasteiger partial charge on any atom is -0.340 e. The van der Waals surface area contributed by atoms with Gasteiger partial charge < -0.3 is 9.88 Å². The van der Waals surface area contributed by atoms with Crippen LogP contribution >= 0.6 is 0 Å². The first-order valence-electron chi connectivity index (χ1n) is 4.94. The first kappa shape index (κ1) is 9.40. The van der Waals surface area contributed by atoms with Crippen molar-refractivity contribution >= 4 is 5.78 Å². The van der Waals surface area contributed by atoms with Crippen LogP contribution in [0, 0.1) is 5.92 Å². The van der Waals surface area contributed by atoms with E-state index in [-0.39, 0.29) is 17.7 Å². The van der Waals surface area contributed by atoms with Gasteiger partial charge in [-0.2, -0.15) is 0 Å². The highest BCUT2D eigenvalue weighted by molar-refractivity contribution is 5.96. The lowest BCUT2D eigenvalue weighted by atomic mass is 9.95. The Hall–Kier alpha value is -1.16. The Morgan fingerprint density at radius 3 is 3.00 bits per heavy atom. The quantitative estimate of drug-likeness (QED) is 0.700. The molecule has 0 aromatic carbocycles. The molecular weight excluding hydrogens is 178 g/mol. The van der Waals surface area contributed by atoms with Crippen LogP contribution in [0.5, 0.6) is 0 Å². The molecule has 0 radical (unpaired) electrons. The van der Waals surface area contributed by atoms with Crippen molar-refractivity contribution in [1.29, 1.82) is 0 Å². The Bertz CT molecular complexity index is 345. The molecule has 76 valence electrons. The fourth-order valence-electron chi connectivity index (χ4n) is 1.95. The molecule has 4 heteroatoms. The van der Waals surface area contributed by atoms with Gasteiger partial charge in [-0.05, 0) is 19.9 Å². The third-order valence-electron chi connectivity index (χ3n) is 2.82. The molecule has 1 aliphatic rings. The second kappa shape index (κ2) is 3.53. The second-order valence-electron chi connectivity index (χ2n) is 3.93. The summed E-state index contributed by atoms with van der Waals surface area (Å²) in [6.07, 6.45) is 4.38. The maximum Gasteiger partial charge on any atom is 0.187 e. The highest BCUT2D eigenvalue weighted by Gasteiger charge is 2.30. The number of hydrogen-bond acceptors (Lipinski definition) is 3. The van der Waals surface area contributed by atoms with E-state index < -0.39 is 0 Å². The average Bonchev–Trinajstić information content (AvgIpc) is 2.73. The summed E-state index contributed by atoms with van der Waals surface area (Å²) in [4.78, 5) is 16.0. The Balaban J connectivity index is 2.15. The largest absolute Gasteiger partial charge is 0.340 e. The van der Waals surface area contributed by atoms with Gasteiger partial charge in [0.05, 0.1) is 6.33 Å². The monoisotopic (exact) mass is 193 g/mol. The van der Waals surface area contributed by atoms with Crippen molar-refractivity contribution in [3.05, 3.63) is 18.2 Å². The minimum atomic E-state index is 0.102. The predicted molar refractivity (Wildman–Crippen MR) is 53.1 cm³/mol. The summed E-state index contributed by atoms with van der Waals surface area (Å²) in [5, 5.41) is 3.27. The van der Waals surface area contributed by atoms with Crippen molar-refractivity contribution in [2.45, 2.75) is 19.4 Å². The van der Waals surface area contributed by atoms with Gasteiger partial charge in [0, 0.05) is 25.2 Å². The van der Waals surface area contributed by atoms with Crippen LogP contribution in [0.15, 0.2) is 12.5 Å². The number of Topliss-reactive ketones (excluding diaryl/α,β-unsaturated/α-hetero) is 1. The molecular formula is C10H15N3O. The van der Waals surface area contributed by atoms with Crippen LogP contribution in [0.4, 0.5) is 0 Å². The second-order valence-corrected chi connectivity index (χ2v) is 3.93. The maximum atomic E-state index is 12.0. The number of carbonyl (C=O) groups excluding carboxylic acids is 1. The number of nitrogens with one attached hydrogen (secondary N) is 1. The van der Waals surface area contributed by atoms with Crippen LogP contribution in [0.1, 0.15) is 23.8 Å². The molecule has 0 aliphatic carbocycles. The highest BCUT2D eigenvalue weighted by atomic mass is 16.1. The van der Waals surface area contributed by atoms with Gasteiger partial charge in [0.1, 0.15) is 5.69 Å². The molecule has 2 atom stereocenters. The van der Waals surface area contributed by atoms with E-state index in [2.05, 4.69) is 17.2 Å². The normalized spacial score (nSPS) is 26.7. The van der Waals surface area contributed by atoms with Crippen molar-refractivity contribution in [3.63, 3.8) is 0 Å². The lowest BCUT2D eigenvalue weighted by molar-refractivity contribution is 0.0909. The molecule has 1 aliphatic heterocycles. The first-order valence-corrected chi connectivity index (χ1v) is 4.94. The molecule has 1 fully saturated rings. The molecule has 1 aromatic rings. The molecule has 2 rings (SSSR count). The van der Waals surface area contributed by atoms with Crippen LogP contribution in [0.3, 0.4) is 0 Å². The Kier molecular flexibility index (Phi) is 2.37. The number of ketones is 1. The molecule has 0 saturated carbocycles. The Labute approximate surface area is 83.3 Å². The SMILES string of the molecule is CC1NCCC1C(=O)c1cn(C)cn1. The minimum absolute atomic E-state index is 0.102. The van der Waals surface area contributed by atoms with Gasteiger partial charge in [-0.15, -0.1) is 0 Å². The van der Waals surface area contributed by atoms with Crippen LogP contribution < -0.4 is 5.32 Å². The number of hydrogen-bond donors (Lipinski definition) is 1. The number of aromatic nitrogens is 2. The van der Waals surface area contributed by atoms with Crippen molar-refractivity contribution in [3.8, 4) is 0 Å². The Morgan fingerprint density at radius 1 is 1.71 bits per heavy atom. The topological polar surface area (TPSA) is 46.9 Å². The fraction of sp³-hybridized carbons (Fsp3) is 0.600. The predicted octanol–water partition coefficient (Wildman–Crippen LogP) is 0.601. The van der Waals surface area contributed by atoms with E-state index in [1.54, 1.807) is 17.1 Å². The van der Waals surface area contributed by atoms with Gasteiger partial charge in [-0.25, -0.2) is 4.98 Å². The smallest absolute Gasteiger partial charge is 0.187 e. The van der Waals surface area contributed by atoms with E-state index in [1.165, 1.54) is 0 Å². The lowest BCUT2D eigenvalue weighted by Gasteiger charge is -2.11. The summed E-state index contributed by atoms with van der Waals surface area (Å²) in [6, 6.07) is 0.282. The first-order chi connectivity index (χ1) is 6.68. The number of carbonyl (C=O) groups is 1. The molecule has 2 heterocycles. The maximum absolute atomic E-state index is 12.0. The van der Waals surface area contributed by atoms with Gasteiger partial charge in [0.15, 0.2) is 5.78 Å². The van der Waals surface area contributed by atoms with Crippen LogP contribution in [-0.2, 0) is 7.05 Å². The number of rotatable bonds is 2. The fourth-order valence-corrected chi connectivity index (χ4v) is 1.95. The van der Waals surface area contributed by atoms with Crippen LogP contribution in [-0.4, -0.2) is 27.9 Å². The molecule has 0 spiro atoms. The molecule has 4 nitrogen and oxygen atoms in total. The standard InChI is InChI=1S/C10H15N3O/c1-7-8(3-4-11-7)10(14)9-5-13(2)6-12-9/h5-8,11H,3-4H2,1-2H3. The third kappa shape index (κ3) is 1.57. The lowest BCUT2D eigenvalue weighted by Crippen LogP contribution is -2.28. The molecule has 1 aromatic heterocycles. The van der Waals surface area contributed by atoms with Crippen molar-refractivity contribution in [2.24, 2.45) is 13.0 Å². The van der Waals surface area contributed by atoms with Crippen LogP contribution in [0.25, 0.3) is 0 Å². The van der Waals surface area contributed by atoms with Crippen molar-refractivity contribution < 1.29 is 4.79 Å². The van der Waals surface area contributed by atoms with E-state index in [0.29, 0.717) is 5.69 Å². The summed E-state index contributed by atoms with van der Waals surface area (Å²) in [5.74, 6) is 0.271. The Morgan fingerprint density at radius 2 is 2.50 bits per heavy atom. The molecule has 0 amide bonds. The summed E-state index contributed by atoms with van der Waals surface area (Å²) in [7, 11) is 1.88. The summed E-state index contributed by atoms with van der Waals surface area (Å²) >= 11 is 0. The van der Waals surface area contributed by atoms with E-state index in [4.69, 9.17) is 0 Å².